The highest BCUT2D eigenvalue weighted by atomic mass is 14.4. The molecule has 6 rings (SSSR count). The summed E-state index contributed by atoms with van der Waals surface area (Å²) in [4.78, 5) is 0. The summed E-state index contributed by atoms with van der Waals surface area (Å²) in [6.45, 7) is 41.5. The Labute approximate surface area is 397 Å². The highest BCUT2D eigenvalue weighted by molar-refractivity contribution is 5.82. The van der Waals surface area contributed by atoms with Crippen molar-refractivity contribution < 1.29 is 0 Å². The number of hydrogen-bond acceptors (Lipinski definition) is 0. The van der Waals surface area contributed by atoms with Crippen molar-refractivity contribution in [2.24, 2.45) is 5.92 Å². The predicted octanol–water partition coefficient (Wildman–Crippen LogP) is 19.1. The van der Waals surface area contributed by atoms with E-state index in [4.69, 9.17) is 6.42 Å². The molecule has 0 fully saturated rings. The van der Waals surface area contributed by atoms with Gasteiger partial charge in [-0.1, -0.05) is 231 Å². The van der Waals surface area contributed by atoms with Gasteiger partial charge in [0.05, 0.1) is 0 Å². The Morgan fingerprint density at radius 1 is 0.831 bits per heavy atom. The van der Waals surface area contributed by atoms with Crippen LogP contribution in [-0.4, -0.2) is 0 Å². The van der Waals surface area contributed by atoms with Crippen LogP contribution < -0.4 is 0 Å². The van der Waals surface area contributed by atoms with E-state index in [2.05, 4.69) is 186 Å². The summed E-state index contributed by atoms with van der Waals surface area (Å²) in [6, 6.07) is 35.9. The number of rotatable bonds is 11. The standard InChI is InChI=1S/C20H22.C19H22.C16H22.C8H6.C2H6/c1-6-12-18(8-3)17(5)15-20(16(4)7-2)19-13-10-9-11-14-19;1-5-13(2)14-10-11-18-16(12-14)15-8-6-7-9-17(15)19(18,3)4;1-6-8-15(13(4)7-2)16-10-9-12(3)11-14(16)5;1-2-8-6-4-3-5-7-8;1-2/h6-15H,1,3,5H2,2,4H3;6-13H,5H2,1-4H3;6-9,11,16H,2,10H2,1,3-5H3;1,3-7H;1-2H3/b16-7-,18-12+,20-15+;;8-6-,15-13+;;. The highest BCUT2D eigenvalue weighted by Crippen LogP contribution is 2.49. The molecule has 0 saturated heterocycles. The molecule has 2 aliphatic rings. The Morgan fingerprint density at radius 3 is 1.95 bits per heavy atom. The van der Waals surface area contributed by atoms with Gasteiger partial charge in [0.15, 0.2) is 0 Å². The van der Waals surface area contributed by atoms with E-state index in [1.165, 1.54) is 73.2 Å². The molecule has 4 aromatic rings. The molecule has 65 heavy (non-hydrogen) atoms. The zero-order chi connectivity index (χ0) is 48.5. The molecule has 0 N–H and O–H groups in total. The van der Waals surface area contributed by atoms with E-state index in [0.717, 1.165) is 23.1 Å². The molecule has 338 valence electrons. The third-order valence-electron chi connectivity index (χ3n) is 12.0. The first kappa shape index (κ1) is 54.7. The maximum absolute atomic E-state index is 5.10. The van der Waals surface area contributed by atoms with Crippen molar-refractivity contribution in [1.82, 2.24) is 0 Å². The van der Waals surface area contributed by atoms with Crippen LogP contribution in [0.15, 0.2) is 229 Å². The number of terminal acetylenes is 1. The zero-order valence-electron chi connectivity index (χ0n) is 42.1. The lowest BCUT2D eigenvalue weighted by Gasteiger charge is -2.23. The number of fused-ring (bicyclic) bond motifs is 3. The molecule has 0 amide bonds. The van der Waals surface area contributed by atoms with Crippen molar-refractivity contribution in [3.63, 3.8) is 0 Å². The number of benzene rings is 4. The lowest BCUT2D eigenvalue weighted by atomic mass is 9.82. The Kier molecular flexibility index (Phi) is 23.9. The lowest BCUT2D eigenvalue weighted by Crippen LogP contribution is -2.14. The third-order valence-corrected chi connectivity index (χ3v) is 12.0. The van der Waals surface area contributed by atoms with Gasteiger partial charge in [0.25, 0.3) is 0 Å². The number of hydrogen-bond donors (Lipinski definition) is 0. The average molecular weight is 859 g/mol. The van der Waals surface area contributed by atoms with E-state index < -0.39 is 0 Å². The second-order valence-electron chi connectivity index (χ2n) is 16.7. The van der Waals surface area contributed by atoms with Crippen LogP contribution in [0, 0.1) is 18.3 Å². The molecular weight excluding hydrogens is 781 g/mol. The van der Waals surface area contributed by atoms with Crippen molar-refractivity contribution in [1.29, 1.82) is 0 Å². The smallest absolute Gasteiger partial charge is 0.0242 e. The van der Waals surface area contributed by atoms with Gasteiger partial charge >= 0.3 is 0 Å². The molecule has 0 aromatic heterocycles. The van der Waals surface area contributed by atoms with E-state index in [1.54, 1.807) is 12.2 Å². The molecule has 0 saturated carbocycles. The zero-order valence-corrected chi connectivity index (χ0v) is 42.1. The molecule has 4 aromatic carbocycles. The molecule has 0 nitrogen and oxygen atoms in total. The van der Waals surface area contributed by atoms with Crippen LogP contribution >= 0.6 is 0 Å². The Hall–Kier alpha value is -6.42. The van der Waals surface area contributed by atoms with Crippen molar-refractivity contribution in [3.05, 3.63) is 257 Å². The topological polar surface area (TPSA) is 0 Å². The summed E-state index contributed by atoms with van der Waals surface area (Å²) < 4.78 is 0. The van der Waals surface area contributed by atoms with E-state index in [1.807, 2.05) is 81.5 Å². The summed E-state index contributed by atoms with van der Waals surface area (Å²) >= 11 is 0. The van der Waals surface area contributed by atoms with E-state index in [0.29, 0.717) is 11.8 Å². The highest BCUT2D eigenvalue weighted by Gasteiger charge is 2.35. The van der Waals surface area contributed by atoms with E-state index in [9.17, 15) is 0 Å². The van der Waals surface area contributed by atoms with Crippen molar-refractivity contribution in [3.8, 4) is 23.5 Å². The van der Waals surface area contributed by atoms with Crippen LogP contribution in [-0.2, 0) is 5.41 Å². The minimum absolute atomic E-state index is 0.139. The quantitative estimate of drug-likeness (QED) is 0.104. The maximum Gasteiger partial charge on any atom is 0.0242 e. The molecule has 0 radical (unpaired) electrons. The van der Waals surface area contributed by atoms with Gasteiger partial charge in [-0.25, -0.2) is 0 Å². The first-order valence-electron chi connectivity index (χ1n) is 23.3. The summed E-state index contributed by atoms with van der Waals surface area (Å²) in [7, 11) is 0. The van der Waals surface area contributed by atoms with Crippen LogP contribution in [0.2, 0.25) is 0 Å². The normalized spacial score (nSPS) is 15.6. The van der Waals surface area contributed by atoms with Crippen LogP contribution in [0.25, 0.3) is 16.7 Å². The summed E-state index contributed by atoms with van der Waals surface area (Å²) in [6.07, 6.45) is 28.0. The van der Waals surface area contributed by atoms with Gasteiger partial charge in [0, 0.05) is 16.9 Å². The van der Waals surface area contributed by atoms with Crippen LogP contribution in [0.4, 0.5) is 0 Å². The summed E-state index contributed by atoms with van der Waals surface area (Å²) in [5.74, 6) is 3.69. The fraction of sp³-hybridized carbons (Fsp3) is 0.262. The average Bonchev–Trinajstić information content (AvgIpc) is 3.57. The monoisotopic (exact) mass is 859 g/mol. The van der Waals surface area contributed by atoms with Crippen LogP contribution in [0.3, 0.4) is 0 Å². The van der Waals surface area contributed by atoms with Gasteiger partial charge in [-0.05, 0) is 145 Å². The molecule has 0 spiro atoms. The molecule has 0 aliphatic heterocycles. The fourth-order valence-electron chi connectivity index (χ4n) is 7.90. The first-order chi connectivity index (χ1) is 31.2. The van der Waals surface area contributed by atoms with Gasteiger partial charge < -0.3 is 0 Å². The van der Waals surface area contributed by atoms with Gasteiger partial charge in [0.1, 0.15) is 0 Å². The molecule has 0 bridgehead atoms. The molecule has 2 atom stereocenters. The molecular formula is C65H78. The SMILES string of the molecule is C#Cc1ccccc1.C=C/C(C)=C(\C=C/C)C1CC=C(C)C=C1C.C=C/C=C(\C=C)C(=C)/C=C(\C(C)=C/C)c1ccccc1.CC.CCC(C)c1ccc2c(c1)-c1ccccc1C2(C)C. The molecule has 2 unspecified atom stereocenters. The fourth-order valence-corrected chi connectivity index (χ4v) is 7.90. The van der Waals surface area contributed by atoms with Crippen molar-refractivity contribution in [2.75, 3.05) is 0 Å². The summed E-state index contributed by atoms with van der Waals surface area (Å²) in [5, 5.41) is 0. The molecule has 2 aliphatic carbocycles. The van der Waals surface area contributed by atoms with Gasteiger partial charge in [-0.15, -0.1) is 6.42 Å². The number of allylic oxidation sites excluding steroid dienone is 18. The lowest BCUT2D eigenvalue weighted by molar-refractivity contribution is 0.659. The molecule has 0 heteroatoms. The van der Waals surface area contributed by atoms with Crippen molar-refractivity contribution >= 4 is 5.57 Å². The van der Waals surface area contributed by atoms with E-state index in [-0.39, 0.29) is 5.41 Å². The van der Waals surface area contributed by atoms with Crippen LogP contribution in [0.1, 0.15) is 130 Å². The van der Waals surface area contributed by atoms with Gasteiger partial charge in [-0.2, -0.15) is 0 Å². The molecule has 0 heterocycles. The largest absolute Gasteiger partial charge is 0.115 e. The maximum atomic E-state index is 5.10. The van der Waals surface area contributed by atoms with Crippen molar-refractivity contribution in [2.45, 2.75) is 107 Å². The van der Waals surface area contributed by atoms with Crippen LogP contribution in [0.5, 0.6) is 0 Å². The predicted molar refractivity (Wildman–Crippen MR) is 293 cm³/mol. The summed E-state index contributed by atoms with van der Waals surface area (Å²) in [5.41, 5.74) is 19.4. The second-order valence-corrected chi connectivity index (χ2v) is 16.7. The third kappa shape index (κ3) is 15.7. The Morgan fingerprint density at radius 2 is 1.43 bits per heavy atom. The second kappa shape index (κ2) is 28.4. The van der Waals surface area contributed by atoms with E-state index >= 15 is 0 Å². The Balaban J connectivity index is 0.000000304. The Bertz CT molecular complexity index is 2450. The minimum Gasteiger partial charge on any atom is -0.115 e. The van der Waals surface area contributed by atoms with Gasteiger partial charge in [-0.3, -0.25) is 0 Å². The first-order valence-corrected chi connectivity index (χ1v) is 23.3. The van der Waals surface area contributed by atoms with Gasteiger partial charge in [0.2, 0.25) is 0 Å². The minimum atomic E-state index is 0.139.